The molecule has 0 atom stereocenters. The van der Waals surface area contributed by atoms with E-state index in [9.17, 15) is 0 Å². The molecule has 30 heavy (non-hydrogen) atoms. The summed E-state index contributed by atoms with van der Waals surface area (Å²) in [6, 6.07) is 4.52. The van der Waals surface area contributed by atoms with Crippen LogP contribution in [0.2, 0.25) is 5.02 Å². The number of hydrogen-bond acceptors (Lipinski definition) is 6. The lowest BCUT2D eigenvalue weighted by Gasteiger charge is -2.46. The highest BCUT2D eigenvalue weighted by molar-refractivity contribution is 6.32. The fraction of sp³-hybridized carbons (Fsp3) is 0.619. The Hall–Kier alpha value is -2.03. The third-order valence-electron chi connectivity index (χ3n) is 4.83. The van der Waals surface area contributed by atoms with Gasteiger partial charge in [-0.1, -0.05) is 11.6 Å². The van der Waals surface area contributed by atoms with E-state index in [0.717, 1.165) is 37.1 Å². The Balaban J connectivity index is 0.000000469. The maximum Gasteiger partial charge on any atom is 0.414 e. The molecule has 2 heterocycles. The largest absolute Gasteiger partial charge is 0.489 e. The summed E-state index contributed by atoms with van der Waals surface area (Å²) in [4.78, 5) is 18.2. The summed E-state index contributed by atoms with van der Waals surface area (Å²) < 4.78 is 11.5. The number of carbonyl (C=O) groups is 2. The summed E-state index contributed by atoms with van der Waals surface area (Å²) in [5.41, 5.74) is 1.42. The zero-order valence-electron chi connectivity index (χ0n) is 17.9. The number of carboxylic acid groups (broad SMARTS) is 2. The Bertz CT molecular complexity index is 753. The highest BCUT2D eigenvalue weighted by Gasteiger charge is 2.37. The molecular weight excluding hydrogens is 412 g/mol. The molecule has 1 saturated heterocycles. The molecule has 0 aliphatic carbocycles. The van der Waals surface area contributed by atoms with E-state index in [1.807, 2.05) is 6.07 Å². The third kappa shape index (κ3) is 7.34. The molecule has 0 spiro atoms. The second kappa shape index (κ2) is 9.85. The van der Waals surface area contributed by atoms with Gasteiger partial charge in [0, 0.05) is 30.1 Å². The number of benzene rings is 1. The number of carboxylic acids is 2. The van der Waals surface area contributed by atoms with Gasteiger partial charge in [-0.3, -0.25) is 0 Å². The van der Waals surface area contributed by atoms with E-state index in [0.29, 0.717) is 30.0 Å². The van der Waals surface area contributed by atoms with Crippen molar-refractivity contribution in [1.29, 1.82) is 0 Å². The second-order valence-electron chi connectivity index (χ2n) is 8.94. The zero-order chi connectivity index (χ0) is 22.5. The molecule has 3 rings (SSSR count). The molecule has 4 N–H and O–H groups in total. The standard InChI is InChI=1S/C19H29ClN2O2.C2H2O4/c1-18(2)10-14(11-19(3,4)22-18)21-12-13-8-15(20)17-16(9-13)23-6-5-7-24-17;3-1(4)2(5)6/h8-9,14,21-22H,5-7,10-12H2,1-4H3;(H,3,4)(H,5,6). The molecule has 1 aromatic rings. The van der Waals surface area contributed by atoms with Crippen molar-refractivity contribution in [3.63, 3.8) is 0 Å². The number of rotatable bonds is 3. The first-order valence-electron chi connectivity index (χ1n) is 9.95. The SMILES string of the molecule is CC1(C)CC(NCc2cc(Cl)c3c(c2)OCCCO3)CC(C)(C)N1.O=C(O)C(=O)O. The van der Waals surface area contributed by atoms with Crippen molar-refractivity contribution in [2.45, 2.75) is 70.6 Å². The van der Waals surface area contributed by atoms with Crippen LogP contribution in [0.3, 0.4) is 0 Å². The van der Waals surface area contributed by atoms with Crippen LogP contribution in [0.15, 0.2) is 12.1 Å². The van der Waals surface area contributed by atoms with E-state index in [-0.39, 0.29) is 11.1 Å². The van der Waals surface area contributed by atoms with Crippen LogP contribution in [0, 0.1) is 0 Å². The second-order valence-corrected chi connectivity index (χ2v) is 9.35. The summed E-state index contributed by atoms with van der Waals surface area (Å²) >= 11 is 6.39. The Morgan fingerprint density at radius 2 is 1.67 bits per heavy atom. The van der Waals surface area contributed by atoms with Gasteiger partial charge >= 0.3 is 11.9 Å². The summed E-state index contributed by atoms with van der Waals surface area (Å²) in [5, 5.41) is 22.8. The van der Waals surface area contributed by atoms with Crippen LogP contribution in [-0.4, -0.2) is 52.5 Å². The van der Waals surface area contributed by atoms with Gasteiger partial charge in [0.2, 0.25) is 0 Å². The Kier molecular flexibility index (Phi) is 7.96. The van der Waals surface area contributed by atoms with Gasteiger partial charge in [0.15, 0.2) is 11.5 Å². The van der Waals surface area contributed by atoms with E-state index >= 15 is 0 Å². The Morgan fingerprint density at radius 1 is 1.10 bits per heavy atom. The first-order chi connectivity index (χ1) is 13.9. The molecule has 0 unspecified atom stereocenters. The van der Waals surface area contributed by atoms with Crippen molar-refractivity contribution in [3.05, 3.63) is 22.7 Å². The van der Waals surface area contributed by atoms with Crippen LogP contribution in [0.5, 0.6) is 11.5 Å². The van der Waals surface area contributed by atoms with Gasteiger partial charge in [-0.2, -0.15) is 0 Å². The highest BCUT2D eigenvalue weighted by atomic mass is 35.5. The summed E-state index contributed by atoms with van der Waals surface area (Å²) in [6.45, 7) is 11.2. The lowest BCUT2D eigenvalue weighted by molar-refractivity contribution is -0.159. The van der Waals surface area contributed by atoms with Crippen molar-refractivity contribution in [2.24, 2.45) is 0 Å². The average molecular weight is 443 g/mol. The van der Waals surface area contributed by atoms with E-state index in [4.69, 9.17) is 40.9 Å². The fourth-order valence-electron chi connectivity index (χ4n) is 4.12. The lowest BCUT2D eigenvalue weighted by Crippen LogP contribution is -2.61. The van der Waals surface area contributed by atoms with Crippen LogP contribution in [-0.2, 0) is 16.1 Å². The van der Waals surface area contributed by atoms with Crippen LogP contribution in [0.4, 0.5) is 0 Å². The molecule has 0 bridgehead atoms. The third-order valence-corrected chi connectivity index (χ3v) is 5.11. The van der Waals surface area contributed by atoms with Crippen molar-refractivity contribution in [1.82, 2.24) is 10.6 Å². The summed E-state index contributed by atoms with van der Waals surface area (Å²) in [5.74, 6) is -2.20. The number of fused-ring (bicyclic) bond motifs is 1. The predicted molar refractivity (Wildman–Crippen MR) is 113 cm³/mol. The van der Waals surface area contributed by atoms with Crippen LogP contribution in [0.1, 0.15) is 52.5 Å². The van der Waals surface area contributed by atoms with Gasteiger partial charge in [0.25, 0.3) is 0 Å². The number of ether oxygens (including phenoxy) is 2. The summed E-state index contributed by atoms with van der Waals surface area (Å²) in [6.07, 6.45) is 3.10. The molecule has 1 fully saturated rings. The molecule has 0 aromatic heterocycles. The predicted octanol–water partition coefficient (Wildman–Crippen LogP) is 3.06. The number of hydrogen-bond donors (Lipinski definition) is 4. The van der Waals surface area contributed by atoms with Gasteiger partial charge in [-0.05, 0) is 58.2 Å². The van der Waals surface area contributed by atoms with Gasteiger partial charge in [0.1, 0.15) is 0 Å². The van der Waals surface area contributed by atoms with E-state index < -0.39 is 11.9 Å². The van der Waals surface area contributed by atoms with Crippen molar-refractivity contribution >= 4 is 23.5 Å². The van der Waals surface area contributed by atoms with Gasteiger partial charge < -0.3 is 30.3 Å². The molecule has 0 saturated carbocycles. The molecule has 9 heteroatoms. The maximum absolute atomic E-state index is 9.10. The molecule has 0 amide bonds. The quantitative estimate of drug-likeness (QED) is 0.527. The first kappa shape index (κ1) is 24.2. The normalized spacial score (nSPS) is 19.8. The minimum absolute atomic E-state index is 0.141. The minimum Gasteiger partial charge on any atom is -0.489 e. The van der Waals surface area contributed by atoms with E-state index in [1.165, 1.54) is 0 Å². The number of aliphatic carboxylic acids is 2. The van der Waals surface area contributed by atoms with Gasteiger partial charge in [0.05, 0.1) is 18.2 Å². The van der Waals surface area contributed by atoms with Gasteiger partial charge in [-0.25, -0.2) is 9.59 Å². The van der Waals surface area contributed by atoms with Crippen LogP contribution < -0.4 is 20.1 Å². The molecule has 1 aromatic carbocycles. The Labute approximate surface area is 181 Å². The first-order valence-corrected chi connectivity index (χ1v) is 10.3. The zero-order valence-corrected chi connectivity index (χ0v) is 18.6. The fourth-order valence-corrected chi connectivity index (χ4v) is 4.40. The number of piperidine rings is 1. The monoisotopic (exact) mass is 442 g/mol. The number of halogens is 1. The van der Waals surface area contributed by atoms with Crippen LogP contribution in [0.25, 0.3) is 0 Å². The van der Waals surface area contributed by atoms with E-state index in [2.05, 4.69) is 44.4 Å². The molecule has 168 valence electrons. The van der Waals surface area contributed by atoms with Crippen molar-refractivity contribution < 1.29 is 29.3 Å². The lowest BCUT2D eigenvalue weighted by atomic mass is 9.79. The number of nitrogens with one attached hydrogen (secondary N) is 2. The Morgan fingerprint density at radius 3 is 2.23 bits per heavy atom. The maximum atomic E-state index is 9.10. The molecule has 0 radical (unpaired) electrons. The molecule has 2 aliphatic rings. The van der Waals surface area contributed by atoms with Crippen molar-refractivity contribution in [2.75, 3.05) is 13.2 Å². The highest BCUT2D eigenvalue weighted by Crippen LogP contribution is 2.38. The minimum atomic E-state index is -1.82. The van der Waals surface area contributed by atoms with Gasteiger partial charge in [-0.15, -0.1) is 0 Å². The van der Waals surface area contributed by atoms with Crippen LogP contribution >= 0.6 is 11.6 Å². The summed E-state index contributed by atoms with van der Waals surface area (Å²) in [7, 11) is 0. The topological polar surface area (TPSA) is 117 Å². The molecular formula is C21H31ClN2O6. The molecule has 2 aliphatic heterocycles. The van der Waals surface area contributed by atoms with E-state index in [1.54, 1.807) is 0 Å². The molecule has 8 nitrogen and oxygen atoms in total. The van der Waals surface area contributed by atoms with Crippen molar-refractivity contribution in [3.8, 4) is 11.5 Å². The smallest absolute Gasteiger partial charge is 0.414 e. The average Bonchev–Trinajstić information content (AvgIpc) is 2.83.